The number of hydrogen-bond donors (Lipinski definition) is 2. The van der Waals surface area contributed by atoms with Crippen LogP contribution in [0.3, 0.4) is 0 Å². The molecule has 4 heteroatoms. The monoisotopic (exact) mass is 223 g/mol. The van der Waals surface area contributed by atoms with E-state index in [1.54, 1.807) is 12.1 Å². The lowest BCUT2D eigenvalue weighted by Gasteiger charge is -2.04. The van der Waals surface area contributed by atoms with Crippen molar-refractivity contribution in [2.24, 2.45) is 5.73 Å². The molecule has 0 saturated carbocycles. The number of allylic oxidation sites excluding steroid dienone is 1. The van der Waals surface area contributed by atoms with Crippen molar-refractivity contribution in [3.63, 3.8) is 0 Å². The molecule has 0 aromatic heterocycles. The molecule has 1 rings (SSSR count). The van der Waals surface area contributed by atoms with Crippen LogP contribution in [-0.4, -0.2) is 18.1 Å². The summed E-state index contributed by atoms with van der Waals surface area (Å²) in [6.45, 7) is 4.94. The van der Waals surface area contributed by atoms with Gasteiger partial charge in [-0.3, -0.25) is 4.79 Å². The average Bonchev–Trinajstić information content (AvgIpc) is 2.20. The lowest BCUT2D eigenvalue weighted by atomic mass is 10.1. The maximum Gasteiger partial charge on any atom is 0.214 e. The van der Waals surface area contributed by atoms with Gasteiger partial charge in [0.05, 0.1) is 7.11 Å². The number of carbonyl (C=O) groups is 1. The molecule has 1 amide bonds. The van der Waals surface area contributed by atoms with Crippen molar-refractivity contribution in [2.45, 2.75) is 13.3 Å². The van der Waals surface area contributed by atoms with Crippen molar-refractivity contribution in [3.8, 4) is 11.5 Å². The molecule has 4 nitrogen and oxygen atoms in total. The number of carbonyl (C=O) groups excluding carboxylic acids is 1. The molecule has 0 bridgehead atoms. The first-order chi connectivity index (χ1) is 7.51. The Morgan fingerprint density at radius 2 is 2.19 bits per heavy atom. The van der Waals surface area contributed by atoms with Crippen molar-refractivity contribution in [3.05, 3.63) is 36.4 Å². The number of amides is 1. The zero-order valence-electron chi connectivity index (χ0n) is 9.56. The molecule has 0 atom stereocenters. The maximum atomic E-state index is 9.25. The van der Waals surface area contributed by atoms with Crippen molar-refractivity contribution in [1.82, 2.24) is 0 Å². The standard InChI is InChI=1S/C10H12O2.C2H5NO/c1-3-4-8-5-6-9(11)10(7-8)12-2;1-2(3)4/h3,5-7,11H,1,4H2,2H3;1H3,(H2,3,4). The first-order valence-corrected chi connectivity index (χ1v) is 4.74. The summed E-state index contributed by atoms with van der Waals surface area (Å²) in [5.41, 5.74) is 5.56. The van der Waals surface area contributed by atoms with Crippen LogP contribution in [0.15, 0.2) is 30.9 Å². The number of benzene rings is 1. The molecule has 0 heterocycles. The summed E-state index contributed by atoms with van der Waals surface area (Å²) < 4.78 is 4.95. The van der Waals surface area contributed by atoms with E-state index in [9.17, 15) is 9.90 Å². The molecule has 1 aromatic rings. The number of methoxy groups -OCH3 is 1. The first kappa shape index (κ1) is 14.0. The summed E-state index contributed by atoms with van der Waals surface area (Å²) in [7, 11) is 1.53. The van der Waals surface area contributed by atoms with Gasteiger partial charge in [0.2, 0.25) is 5.91 Å². The lowest BCUT2D eigenvalue weighted by molar-refractivity contribution is -0.115. The van der Waals surface area contributed by atoms with Gasteiger partial charge in [0.25, 0.3) is 0 Å². The average molecular weight is 223 g/mol. The number of ether oxygens (including phenoxy) is 1. The molecule has 1 aromatic carbocycles. The summed E-state index contributed by atoms with van der Waals surface area (Å²) in [6, 6.07) is 5.27. The molecule has 0 aliphatic heterocycles. The Kier molecular flexibility index (Phi) is 6.43. The Labute approximate surface area is 95.3 Å². The van der Waals surface area contributed by atoms with E-state index < -0.39 is 0 Å². The maximum absolute atomic E-state index is 9.25. The molecule has 0 unspecified atom stereocenters. The summed E-state index contributed by atoms with van der Waals surface area (Å²) in [5, 5.41) is 9.25. The topological polar surface area (TPSA) is 72.6 Å². The molecule has 0 saturated heterocycles. The highest BCUT2D eigenvalue weighted by atomic mass is 16.5. The molecule has 16 heavy (non-hydrogen) atoms. The zero-order valence-corrected chi connectivity index (χ0v) is 9.56. The van der Waals surface area contributed by atoms with Crippen molar-refractivity contribution in [1.29, 1.82) is 0 Å². The molecule has 0 fully saturated rings. The second kappa shape index (κ2) is 7.34. The van der Waals surface area contributed by atoms with E-state index in [2.05, 4.69) is 12.3 Å². The zero-order chi connectivity index (χ0) is 12.6. The number of primary amides is 1. The van der Waals surface area contributed by atoms with Gasteiger partial charge in [-0.25, -0.2) is 0 Å². The van der Waals surface area contributed by atoms with Crippen molar-refractivity contribution in [2.75, 3.05) is 7.11 Å². The second-order valence-electron chi connectivity index (χ2n) is 3.11. The SMILES string of the molecule is C=CCc1ccc(O)c(OC)c1.CC(N)=O. The van der Waals surface area contributed by atoms with Gasteiger partial charge >= 0.3 is 0 Å². The van der Waals surface area contributed by atoms with Crippen LogP contribution in [0.4, 0.5) is 0 Å². The third-order valence-corrected chi connectivity index (χ3v) is 1.62. The minimum absolute atomic E-state index is 0.172. The van der Waals surface area contributed by atoms with E-state index in [0.717, 1.165) is 12.0 Å². The fraction of sp³-hybridized carbons (Fsp3) is 0.250. The van der Waals surface area contributed by atoms with Crippen LogP contribution in [0.1, 0.15) is 12.5 Å². The van der Waals surface area contributed by atoms with E-state index in [-0.39, 0.29) is 11.7 Å². The summed E-state index contributed by atoms with van der Waals surface area (Å²) in [6.07, 6.45) is 2.60. The fourth-order valence-corrected chi connectivity index (χ4v) is 1.02. The van der Waals surface area contributed by atoms with Gasteiger partial charge in [0.1, 0.15) is 0 Å². The molecular formula is C12H17NO3. The Bertz CT molecular complexity index is 357. The van der Waals surface area contributed by atoms with E-state index in [1.807, 2.05) is 12.1 Å². The number of phenols is 1. The largest absolute Gasteiger partial charge is 0.504 e. The quantitative estimate of drug-likeness (QED) is 0.765. The number of hydrogen-bond acceptors (Lipinski definition) is 3. The van der Waals surface area contributed by atoms with Crippen LogP contribution in [-0.2, 0) is 11.2 Å². The van der Waals surface area contributed by atoms with Crippen LogP contribution in [0.25, 0.3) is 0 Å². The Hall–Kier alpha value is -1.97. The highest BCUT2D eigenvalue weighted by Gasteiger charge is 2.00. The first-order valence-electron chi connectivity index (χ1n) is 4.74. The van der Waals surface area contributed by atoms with Gasteiger partial charge in [0, 0.05) is 6.92 Å². The highest BCUT2D eigenvalue weighted by molar-refractivity contribution is 5.70. The van der Waals surface area contributed by atoms with Crippen LogP contribution in [0, 0.1) is 0 Å². The Morgan fingerprint density at radius 1 is 1.62 bits per heavy atom. The molecule has 88 valence electrons. The number of nitrogens with two attached hydrogens (primary N) is 1. The highest BCUT2D eigenvalue weighted by Crippen LogP contribution is 2.26. The molecule has 0 aliphatic rings. The third-order valence-electron chi connectivity index (χ3n) is 1.62. The third kappa shape index (κ3) is 5.70. The predicted molar refractivity (Wildman–Crippen MR) is 63.4 cm³/mol. The molecular weight excluding hydrogens is 206 g/mol. The predicted octanol–water partition coefficient (Wildman–Crippen LogP) is 1.62. The summed E-state index contributed by atoms with van der Waals surface area (Å²) in [5.74, 6) is 0.347. The minimum atomic E-state index is -0.333. The molecule has 3 N–H and O–H groups in total. The molecule has 0 radical (unpaired) electrons. The molecule has 0 aliphatic carbocycles. The van der Waals surface area contributed by atoms with Crippen molar-refractivity contribution >= 4 is 5.91 Å². The Morgan fingerprint density at radius 3 is 2.62 bits per heavy atom. The van der Waals surface area contributed by atoms with Crippen LogP contribution < -0.4 is 10.5 Å². The summed E-state index contributed by atoms with van der Waals surface area (Å²) >= 11 is 0. The van der Waals surface area contributed by atoms with E-state index in [0.29, 0.717) is 5.75 Å². The number of rotatable bonds is 3. The van der Waals surface area contributed by atoms with E-state index >= 15 is 0 Å². The van der Waals surface area contributed by atoms with Gasteiger partial charge in [-0.15, -0.1) is 6.58 Å². The number of phenolic OH excluding ortho intramolecular Hbond substituents is 1. The second-order valence-corrected chi connectivity index (χ2v) is 3.11. The van der Waals surface area contributed by atoms with Gasteiger partial charge < -0.3 is 15.6 Å². The van der Waals surface area contributed by atoms with Crippen LogP contribution in [0.2, 0.25) is 0 Å². The van der Waals surface area contributed by atoms with E-state index in [1.165, 1.54) is 14.0 Å². The van der Waals surface area contributed by atoms with Crippen LogP contribution in [0.5, 0.6) is 11.5 Å². The molecule has 0 spiro atoms. The van der Waals surface area contributed by atoms with Crippen molar-refractivity contribution < 1.29 is 14.6 Å². The lowest BCUT2D eigenvalue weighted by Crippen LogP contribution is -2.01. The smallest absolute Gasteiger partial charge is 0.214 e. The van der Waals surface area contributed by atoms with Gasteiger partial charge in [-0.05, 0) is 24.1 Å². The van der Waals surface area contributed by atoms with Crippen LogP contribution >= 0.6 is 0 Å². The van der Waals surface area contributed by atoms with E-state index in [4.69, 9.17) is 4.74 Å². The van der Waals surface area contributed by atoms with Gasteiger partial charge in [-0.2, -0.15) is 0 Å². The number of aromatic hydroxyl groups is 1. The fourth-order valence-electron chi connectivity index (χ4n) is 1.02. The van der Waals surface area contributed by atoms with Gasteiger partial charge in [0.15, 0.2) is 11.5 Å². The van der Waals surface area contributed by atoms with Gasteiger partial charge in [-0.1, -0.05) is 12.1 Å². The normalized spacial score (nSPS) is 8.62. The summed E-state index contributed by atoms with van der Waals surface area (Å²) in [4.78, 5) is 9.22. The Balaban J connectivity index is 0.000000487. The minimum Gasteiger partial charge on any atom is -0.504 e.